The Morgan fingerprint density at radius 3 is 1.90 bits per heavy atom. The molecule has 5 nitrogen and oxygen atoms in total. The Kier molecular flexibility index (Phi) is 5.57. The summed E-state index contributed by atoms with van der Waals surface area (Å²) in [5.74, 6) is 1.88. The van der Waals surface area contributed by atoms with Crippen LogP contribution in [0.3, 0.4) is 0 Å². The van der Waals surface area contributed by atoms with Crippen LogP contribution in [0.5, 0.6) is 0 Å². The number of aromatic nitrogens is 5. The first kappa shape index (κ1) is 23.5. The standard InChI is InChI=1S/C35H21N5S/c1-3-10-22(11-4-1)33-38-34(23-12-5-2-6-13-23)40-35(39-33)25-16-9-14-24-20-29(36-21-27(24)25)28-18-19-31-32(37-28)26-15-7-8-17-30(26)41-31/h1-21H. The fourth-order valence-corrected chi connectivity index (χ4v) is 6.22. The zero-order valence-electron chi connectivity index (χ0n) is 21.8. The zero-order valence-corrected chi connectivity index (χ0v) is 22.6. The number of nitrogens with zero attached hydrogens (tertiary/aromatic N) is 5. The van der Waals surface area contributed by atoms with Crippen molar-refractivity contribution >= 4 is 42.4 Å². The van der Waals surface area contributed by atoms with E-state index in [-0.39, 0.29) is 0 Å². The molecule has 0 N–H and O–H groups in total. The Labute approximate surface area is 239 Å². The van der Waals surface area contributed by atoms with Gasteiger partial charge in [-0.3, -0.25) is 4.98 Å². The molecule has 0 saturated heterocycles. The number of thiophene rings is 1. The third-order valence-corrected chi connectivity index (χ3v) is 8.31. The van der Waals surface area contributed by atoms with Crippen molar-refractivity contribution < 1.29 is 0 Å². The maximum Gasteiger partial charge on any atom is 0.164 e. The molecule has 0 saturated carbocycles. The Morgan fingerprint density at radius 2 is 1.15 bits per heavy atom. The average Bonchev–Trinajstić information content (AvgIpc) is 3.43. The minimum Gasteiger partial charge on any atom is -0.254 e. The highest BCUT2D eigenvalue weighted by molar-refractivity contribution is 7.25. The van der Waals surface area contributed by atoms with Gasteiger partial charge in [-0.1, -0.05) is 97.1 Å². The van der Waals surface area contributed by atoms with E-state index in [0.717, 1.165) is 44.4 Å². The predicted octanol–water partition coefficient (Wildman–Crippen LogP) is 8.85. The van der Waals surface area contributed by atoms with Gasteiger partial charge < -0.3 is 0 Å². The second-order valence-electron chi connectivity index (χ2n) is 9.78. The summed E-state index contributed by atoms with van der Waals surface area (Å²) in [6, 6.07) is 40.9. The number of rotatable bonds is 4. The highest BCUT2D eigenvalue weighted by atomic mass is 32.1. The van der Waals surface area contributed by atoms with Crippen LogP contribution in [0.2, 0.25) is 0 Å². The first-order valence-electron chi connectivity index (χ1n) is 13.3. The van der Waals surface area contributed by atoms with E-state index in [1.165, 1.54) is 14.8 Å². The van der Waals surface area contributed by atoms with Gasteiger partial charge in [0.15, 0.2) is 17.5 Å². The molecule has 0 unspecified atom stereocenters. The molecule has 6 heteroatoms. The maximum absolute atomic E-state index is 5.03. The SMILES string of the molecule is c1ccc(-c2nc(-c3ccccc3)nc(-c3cccc4cc(-c5ccc6sc7ccccc7c6n5)ncc34)n2)cc1. The minimum atomic E-state index is 0.613. The summed E-state index contributed by atoms with van der Waals surface area (Å²) in [6.07, 6.45) is 1.91. The van der Waals surface area contributed by atoms with Crippen LogP contribution in [0.25, 0.3) is 76.6 Å². The molecule has 0 amide bonds. The molecule has 8 aromatic rings. The Bertz CT molecular complexity index is 2150. The van der Waals surface area contributed by atoms with Gasteiger partial charge in [-0.15, -0.1) is 11.3 Å². The Hall–Kier alpha value is -5.33. The van der Waals surface area contributed by atoms with Crippen LogP contribution in [0.15, 0.2) is 128 Å². The van der Waals surface area contributed by atoms with E-state index in [9.17, 15) is 0 Å². The quantitative estimate of drug-likeness (QED) is 0.222. The maximum atomic E-state index is 5.03. The molecule has 0 aliphatic carbocycles. The van der Waals surface area contributed by atoms with E-state index in [0.29, 0.717) is 17.5 Å². The fourth-order valence-electron chi connectivity index (χ4n) is 5.17. The molecule has 0 radical (unpaired) electrons. The van der Waals surface area contributed by atoms with E-state index < -0.39 is 0 Å². The average molecular weight is 544 g/mol. The van der Waals surface area contributed by atoms with Crippen molar-refractivity contribution in [3.8, 4) is 45.6 Å². The van der Waals surface area contributed by atoms with Gasteiger partial charge in [0.1, 0.15) is 0 Å². The summed E-state index contributed by atoms with van der Waals surface area (Å²) in [5, 5.41) is 3.20. The van der Waals surface area contributed by atoms with Gasteiger partial charge in [0.25, 0.3) is 0 Å². The summed E-state index contributed by atoms with van der Waals surface area (Å²) in [6.45, 7) is 0. The summed E-state index contributed by atoms with van der Waals surface area (Å²) >= 11 is 1.76. The summed E-state index contributed by atoms with van der Waals surface area (Å²) in [7, 11) is 0. The number of hydrogen-bond donors (Lipinski definition) is 0. The van der Waals surface area contributed by atoms with Crippen molar-refractivity contribution in [2.45, 2.75) is 0 Å². The number of benzene rings is 4. The third-order valence-electron chi connectivity index (χ3n) is 7.19. The molecule has 0 bridgehead atoms. The molecule has 8 rings (SSSR count). The molecular weight excluding hydrogens is 522 g/mol. The van der Waals surface area contributed by atoms with E-state index in [4.69, 9.17) is 24.9 Å². The van der Waals surface area contributed by atoms with Crippen LogP contribution in [-0.4, -0.2) is 24.9 Å². The van der Waals surface area contributed by atoms with E-state index in [1.54, 1.807) is 11.3 Å². The summed E-state index contributed by atoms with van der Waals surface area (Å²) in [4.78, 5) is 24.6. The first-order chi connectivity index (χ1) is 20.3. The van der Waals surface area contributed by atoms with Crippen molar-refractivity contribution in [3.63, 3.8) is 0 Å². The fraction of sp³-hybridized carbons (Fsp3) is 0. The molecule has 0 aliphatic heterocycles. The smallest absolute Gasteiger partial charge is 0.164 e. The molecular formula is C35H21N5S. The van der Waals surface area contributed by atoms with Crippen molar-refractivity contribution in [1.82, 2.24) is 24.9 Å². The third kappa shape index (κ3) is 4.22. The predicted molar refractivity (Wildman–Crippen MR) is 168 cm³/mol. The van der Waals surface area contributed by atoms with Crippen LogP contribution >= 0.6 is 11.3 Å². The second-order valence-corrected chi connectivity index (χ2v) is 10.9. The highest BCUT2D eigenvalue weighted by Gasteiger charge is 2.15. The normalized spacial score (nSPS) is 11.4. The first-order valence-corrected chi connectivity index (χ1v) is 14.2. The van der Waals surface area contributed by atoms with Gasteiger partial charge in [-0.25, -0.2) is 19.9 Å². The molecule has 0 aliphatic rings. The monoisotopic (exact) mass is 543 g/mol. The molecule has 0 atom stereocenters. The van der Waals surface area contributed by atoms with Gasteiger partial charge in [-0.2, -0.15) is 0 Å². The van der Waals surface area contributed by atoms with E-state index in [2.05, 4.69) is 48.5 Å². The summed E-state index contributed by atoms with van der Waals surface area (Å²) < 4.78 is 2.42. The van der Waals surface area contributed by atoms with Crippen LogP contribution < -0.4 is 0 Å². The largest absolute Gasteiger partial charge is 0.254 e. The van der Waals surface area contributed by atoms with Crippen molar-refractivity contribution in [2.24, 2.45) is 0 Å². The molecule has 192 valence electrons. The molecule has 0 spiro atoms. The van der Waals surface area contributed by atoms with E-state index in [1.807, 2.05) is 79.0 Å². The zero-order chi connectivity index (χ0) is 27.2. The Balaban J connectivity index is 1.27. The van der Waals surface area contributed by atoms with Gasteiger partial charge in [0.05, 0.1) is 21.6 Å². The lowest BCUT2D eigenvalue weighted by Gasteiger charge is -2.11. The van der Waals surface area contributed by atoms with Crippen LogP contribution in [0.1, 0.15) is 0 Å². The summed E-state index contributed by atoms with van der Waals surface area (Å²) in [5.41, 5.74) is 5.49. The van der Waals surface area contributed by atoms with Crippen molar-refractivity contribution in [3.05, 3.63) is 128 Å². The van der Waals surface area contributed by atoms with Crippen LogP contribution in [0, 0.1) is 0 Å². The van der Waals surface area contributed by atoms with Crippen LogP contribution in [0.4, 0.5) is 0 Å². The topological polar surface area (TPSA) is 64.5 Å². The van der Waals surface area contributed by atoms with Crippen molar-refractivity contribution in [1.29, 1.82) is 0 Å². The second kappa shape index (κ2) is 9.70. The lowest BCUT2D eigenvalue weighted by Crippen LogP contribution is -2.00. The number of fused-ring (bicyclic) bond motifs is 4. The number of pyridine rings is 2. The van der Waals surface area contributed by atoms with Gasteiger partial charge in [0, 0.05) is 38.4 Å². The lowest BCUT2D eigenvalue weighted by molar-refractivity contribution is 1.08. The molecule has 4 heterocycles. The van der Waals surface area contributed by atoms with Gasteiger partial charge in [-0.05, 0) is 29.7 Å². The minimum absolute atomic E-state index is 0.613. The highest BCUT2D eigenvalue weighted by Crippen LogP contribution is 2.35. The number of hydrogen-bond acceptors (Lipinski definition) is 6. The molecule has 0 fully saturated rings. The van der Waals surface area contributed by atoms with Gasteiger partial charge in [0.2, 0.25) is 0 Å². The van der Waals surface area contributed by atoms with Gasteiger partial charge >= 0.3 is 0 Å². The Morgan fingerprint density at radius 1 is 0.463 bits per heavy atom. The molecule has 4 aromatic carbocycles. The lowest BCUT2D eigenvalue weighted by atomic mass is 10.0. The molecule has 4 aromatic heterocycles. The molecule has 41 heavy (non-hydrogen) atoms. The van der Waals surface area contributed by atoms with Crippen LogP contribution in [-0.2, 0) is 0 Å². The van der Waals surface area contributed by atoms with Crippen molar-refractivity contribution in [2.75, 3.05) is 0 Å². The van der Waals surface area contributed by atoms with E-state index >= 15 is 0 Å².